The zero-order valence-electron chi connectivity index (χ0n) is 9.48. The van der Waals surface area contributed by atoms with Crippen LogP contribution in [0, 0.1) is 11.3 Å². The van der Waals surface area contributed by atoms with Crippen LogP contribution in [-0.4, -0.2) is 25.0 Å². The Bertz CT molecular complexity index is 133. The molecule has 86 valence electrons. The van der Waals surface area contributed by atoms with Crippen molar-refractivity contribution in [2.24, 2.45) is 11.3 Å². The molecule has 0 amide bonds. The Morgan fingerprint density at radius 2 is 1.79 bits per heavy atom. The number of hydrogen-bond acceptors (Lipinski definition) is 1. The molecule has 0 aromatic carbocycles. The van der Waals surface area contributed by atoms with Gasteiger partial charge in [-0.05, 0) is 31.1 Å². The summed E-state index contributed by atoms with van der Waals surface area (Å²) in [5, 5.41) is 0. The summed E-state index contributed by atoms with van der Waals surface area (Å²) in [5.41, 5.74) is 0.0835. The largest absolute Gasteiger partial charge is 0.382 e. The molecule has 0 saturated heterocycles. The Balaban J connectivity index is 3.95. The Kier molecular flexibility index (Phi) is 8.08. The van der Waals surface area contributed by atoms with Crippen LogP contribution in [-0.2, 0) is 4.74 Å². The fourth-order valence-corrected chi connectivity index (χ4v) is 2.61. The van der Waals surface area contributed by atoms with Crippen LogP contribution >= 0.6 is 23.2 Å². The standard InChI is InChI=1S/C11H22Cl2O/c1-4-14-7-5-6-11(8-12,9-13)10(2)3/h10H,4-9H2,1-3H3. The van der Waals surface area contributed by atoms with Gasteiger partial charge >= 0.3 is 0 Å². The van der Waals surface area contributed by atoms with E-state index in [0.717, 1.165) is 26.1 Å². The maximum Gasteiger partial charge on any atom is 0.0466 e. The predicted molar refractivity (Wildman–Crippen MR) is 64.4 cm³/mol. The van der Waals surface area contributed by atoms with E-state index in [1.807, 2.05) is 6.92 Å². The van der Waals surface area contributed by atoms with Crippen LogP contribution in [0.4, 0.5) is 0 Å². The maximum absolute atomic E-state index is 6.01. The highest BCUT2D eigenvalue weighted by Crippen LogP contribution is 2.35. The first-order chi connectivity index (χ1) is 6.63. The second-order valence-corrected chi connectivity index (χ2v) is 4.62. The lowest BCUT2D eigenvalue weighted by Gasteiger charge is -2.33. The number of hydrogen-bond donors (Lipinski definition) is 0. The van der Waals surface area contributed by atoms with Gasteiger partial charge in [-0.2, -0.15) is 0 Å². The van der Waals surface area contributed by atoms with Gasteiger partial charge < -0.3 is 4.74 Å². The highest BCUT2D eigenvalue weighted by Gasteiger charge is 2.31. The van der Waals surface area contributed by atoms with E-state index in [1.54, 1.807) is 0 Å². The molecule has 0 rings (SSSR count). The van der Waals surface area contributed by atoms with Crippen molar-refractivity contribution >= 4 is 23.2 Å². The van der Waals surface area contributed by atoms with Gasteiger partial charge in [0.1, 0.15) is 0 Å². The summed E-state index contributed by atoms with van der Waals surface area (Å²) in [6.07, 6.45) is 2.10. The van der Waals surface area contributed by atoms with Crippen LogP contribution in [0.5, 0.6) is 0 Å². The van der Waals surface area contributed by atoms with Crippen LogP contribution in [0.2, 0.25) is 0 Å². The molecule has 0 aliphatic heterocycles. The minimum absolute atomic E-state index is 0.0835. The highest BCUT2D eigenvalue weighted by molar-refractivity contribution is 6.21. The minimum Gasteiger partial charge on any atom is -0.382 e. The molecule has 14 heavy (non-hydrogen) atoms. The molecular weight excluding hydrogens is 219 g/mol. The van der Waals surface area contributed by atoms with Gasteiger partial charge in [-0.3, -0.25) is 0 Å². The molecule has 0 bridgehead atoms. The summed E-state index contributed by atoms with van der Waals surface area (Å²) in [6, 6.07) is 0. The van der Waals surface area contributed by atoms with Crippen LogP contribution in [0.15, 0.2) is 0 Å². The number of alkyl halides is 2. The molecule has 1 nitrogen and oxygen atoms in total. The molecule has 0 atom stereocenters. The van der Waals surface area contributed by atoms with E-state index >= 15 is 0 Å². The lowest BCUT2D eigenvalue weighted by atomic mass is 9.77. The third-order valence-electron chi connectivity index (χ3n) is 2.92. The van der Waals surface area contributed by atoms with E-state index in [-0.39, 0.29) is 5.41 Å². The van der Waals surface area contributed by atoms with Gasteiger partial charge in [0.15, 0.2) is 0 Å². The summed E-state index contributed by atoms with van der Waals surface area (Å²) < 4.78 is 5.31. The first-order valence-corrected chi connectivity index (χ1v) is 6.39. The average Bonchev–Trinajstić information content (AvgIpc) is 2.18. The molecular formula is C11H22Cl2O. The zero-order valence-corrected chi connectivity index (χ0v) is 11.0. The normalized spacial score (nSPS) is 12.4. The predicted octanol–water partition coefficient (Wildman–Crippen LogP) is 3.92. The molecule has 3 heteroatoms. The molecule has 0 aromatic heterocycles. The smallest absolute Gasteiger partial charge is 0.0466 e. The van der Waals surface area contributed by atoms with Crippen molar-refractivity contribution in [3.8, 4) is 0 Å². The van der Waals surface area contributed by atoms with E-state index in [2.05, 4.69) is 13.8 Å². The van der Waals surface area contributed by atoms with Gasteiger partial charge in [-0.15, -0.1) is 23.2 Å². The third kappa shape index (κ3) is 4.37. The highest BCUT2D eigenvalue weighted by atomic mass is 35.5. The Labute approximate surface area is 98.1 Å². The van der Waals surface area contributed by atoms with Crippen LogP contribution < -0.4 is 0 Å². The summed E-state index contributed by atoms with van der Waals surface area (Å²) >= 11 is 12.0. The summed E-state index contributed by atoms with van der Waals surface area (Å²) in [4.78, 5) is 0. The zero-order chi connectivity index (χ0) is 11.0. The minimum atomic E-state index is 0.0835. The van der Waals surface area contributed by atoms with Crippen molar-refractivity contribution in [3.05, 3.63) is 0 Å². The van der Waals surface area contributed by atoms with Crippen molar-refractivity contribution in [2.45, 2.75) is 33.6 Å². The third-order valence-corrected chi connectivity index (χ3v) is 3.99. The molecule has 0 fully saturated rings. The van der Waals surface area contributed by atoms with E-state index in [9.17, 15) is 0 Å². The molecule has 0 unspecified atom stereocenters. The topological polar surface area (TPSA) is 9.23 Å². The van der Waals surface area contributed by atoms with Gasteiger partial charge in [0, 0.05) is 25.0 Å². The fourth-order valence-electron chi connectivity index (χ4n) is 1.44. The van der Waals surface area contributed by atoms with Crippen molar-refractivity contribution in [2.75, 3.05) is 25.0 Å². The van der Waals surface area contributed by atoms with Crippen molar-refractivity contribution in [1.29, 1.82) is 0 Å². The van der Waals surface area contributed by atoms with E-state index < -0.39 is 0 Å². The van der Waals surface area contributed by atoms with E-state index in [1.165, 1.54) is 0 Å². The number of rotatable bonds is 8. The molecule has 0 N–H and O–H groups in total. The first kappa shape index (κ1) is 14.5. The van der Waals surface area contributed by atoms with Crippen molar-refractivity contribution < 1.29 is 4.74 Å². The molecule has 0 saturated carbocycles. The van der Waals surface area contributed by atoms with Crippen LogP contribution in [0.1, 0.15) is 33.6 Å². The summed E-state index contributed by atoms with van der Waals surface area (Å²) in [6.45, 7) is 7.99. The molecule has 0 aliphatic rings. The lowest BCUT2D eigenvalue weighted by molar-refractivity contribution is 0.125. The summed E-state index contributed by atoms with van der Waals surface area (Å²) in [5.74, 6) is 1.81. The number of halogens is 2. The molecule has 0 heterocycles. The Hall–Kier alpha value is 0.540. The molecule has 0 spiro atoms. The van der Waals surface area contributed by atoms with E-state index in [4.69, 9.17) is 27.9 Å². The Morgan fingerprint density at radius 1 is 1.21 bits per heavy atom. The van der Waals surface area contributed by atoms with Gasteiger partial charge in [-0.1, -0.05) is 13.8 Å². The van der Waals surface area contributed by atoms with Crippen LogP contribution in [0.25, 0.3) is 0 Å². The first-order valence-electron chi connectivity index (χ1n) is 5.32. The molecule has 0 aliphatic carbocycles. The molecule has 0 radical (unpaired) electrons. The van der Waals surface area contributed by atoms with Crippen molar-refractivity contribution in [1.82, 2.24) is 0 Å². The van der Waals surface area contributed by atoms with E-state index in [0.29, 0.717) is 17.7 Å². The lowest BCUT2D eigenvalue weighted by Crippen LogP contribution is -2.31. The Morgan fingerprint density at radius 3 is 2.14 bits per heavy atom. The fraction of sp³-hybridized carbons (Fsp3) is 1.00. The second-order valence-electron chi connectivity index (χ2n) is 4.08. The quantitative estimate of drug-likeness (QED) is 0.462. The van der Waals surface area contributed by atoms with Gasteiger partial charge in [0.05, 0.1) is 0 Å². The average molecular weight is 241 g/mol. The van der Waals surface area contributed by atoms with Gasteiger partial charge in [0.25, 0.3) is 0 Å². The SMILES string of the molecule is CCOCCCC(CCl)(CCl)C(C)C. The van der Waals surface area contributed by atoms with Gasteiger partial charge in [-0.25, -0.2) is 0 Å². The maximum atomic E-state index is 6.01. The second kappa shape index (κ2) is 7.78. The summed E-state index contributed by atoms with van der Waals surface area (Å²) in [7, 11) is 0. The van der Waals surface area contributed by atoms with Crippen LogP contribution in [0.3, 0.4) is 0 Å². The monoisotopic (exact) mass is 240 g/mol. The van der Waals surface area contributed by atoms with Gasteiger partial charge in [0.2, 0.25) is 0 Å². The molecule has 0 aromatic rings. The van der Waals surface area contributed by atoms with Crippen molar-refractivity contribution in [3.63, 3.8) is 0 Å². The number of ether oxygens (including phenoxy) is 1.